The number of nitrogens with zero attached hydrogens (tertiary/aromatic N) is 1. The summed E-state index contributed by atoms with van der Waals surface area (Å²) in [7, 11) is 0. The molecule has 0 atom stereocenters. The summed E-state index contributed by atoms with van der Waals surface area (Å²) in [6.07, 6.45) is -5.46. The van der Waals surface area contributed by atoms with Gasteiger partial charge in [-0.25, -0.2) is 10.6 Å². The van der Waals surface area contributed by atoms with Crippen LogP contribution < -0.4 is 11.6 Å². The number of carbonyl (C=O) groups is 1. The van der Waals surface area contributed by atoms with Crippen LogP contribution in [0.1, 0.15) is 6.42 Å². The number of alkyl halides is 3. The van der Waals surface area contributed by atoms with Gasteiger partial charge in [0.2, 0.25) is 0 Å². The minimum absolute atomic E-state index is 0.313. The van der Waals surface area contributed by atoms with Gasteiger partial charge in [0.15, 0.2) is 0 Å². The van der Waals surface area contributed by atoms with Crippen LogP contribution in [0.3, 0.4) is 0 Å². The third kappa shape index (κ3) is 5.46. The van der Waals surface area contributed by atoms with Crippen LogP contribution in [0.15, 0.2) is 0 Å². The summed E-state index contributed by atoms with van der Waals surface area (Å²) in [6, 6.07) is -1.07. The average molecular weight is 171 g/mol. The van der Waals surface area contributed by atoms with Gasteiger partial charge in [-0.1, -0.05) is 0 Å². The highest BCUT2D eigenvalue weighted by Gasteiger charge is 2.27. The number of halogens is 3. The van der Waals surface area contributed by atoms with Gasteiger partial charge in [0.25, 0.3) is 0 Å². The van der Waals surface area contributed by atoms with E-state index in [1.807, 2.05) is 0 Å². The minimum Gasteiger partial charge on any atom is -0.350 e. The summed E-state index contributed by atoms with van der Waals surface area (Å²) in [5.41, 5.74) is 4.56. The van der Waals surface area contributed by atoms with Crippen molar-refractivity contribution in [1.82, 2.24) is 5.01 Å². The first-order valence-corrected chi connectivity index (χ1v) is 2.71. The number of rotatable bonds is 2. The normalized spacial score (nSPS) is 11.3. The number of hydrazine groups is 1. The lowest BCUT2D eigenvalue weighted by Gasteiger charge is -2.14. The topological polar surface area (TPSA) is 72.4 Å². The van der Waals surface area contributed by atoms with Crippen molar-refractivity contribution in [2.45, 2.75) is 12.6 Å². The predicted octanol–water partition coefficient (Wildman–Crippen LogP) is 0.193. The molecule has 0 saturated carbocycles. The van der Waals surface area contributed by atoms with E-state index in [9.17, 15) is 18.0 Å². The van der Waals surface area contributed by atoms with Crippen LogP contribution in [-0.4, -0.2) is 23.8 Å². The van der Waals surface area contributed by atoms with Gasteiger partial charge in [-0.3, -0.25) is 5.01 Å². The van der Waals surface area contributed by atoms with E-state index in [2.05, 4.69) is 5.73 Å². The largest absolute Gasteiger partial charge is 0.390 e. The molecule has 0 rings (SSSR count). The number of primary amides is 1. The third-order valence-corrected chi connectivity index (χ3v) is 0.919. The van der Waals surface area contributed by atoms with Crippen molar-refractivity contribution in [3.63, 3.8) is 0 Å². The Morgan fingerprint density at radius 1 is 1.45 bits per heavy atom. The van der Waals surface area contributed by atoms with E-state index in [4.69, 9.17) is 5.84 Å². The van der Waals surface area contributed by atoms with Gasteiger partial charge in [0.1, 0.15) is 0 Å². The summed E-state index contributed by atoms with van der Waals surface area (Å²) in [4.78, 5) is 10.1. The first kappa shape index (κ1) is 10.0. The fourth-order valence-electron chi connectivity index (χ4n) is 0.357. The highest BCUT2D eigenvalue weighted by atomic mass is 19.4. The quantitative estimate of drug-likeness (QED) is 0.353. The van der Waals surface area contributed by atoms with Gasteiger partial charge in [-0.15, -0.1) is 0 Å². The molecule has 2 amide bonds. The minimum atomic E-state index is -4.31. The number of amides is 2. The number of carbonyl (C=O) groups excluding carboxylic acids is 1. The Labute approximate surface area is 60.9 Å². The molecular weight excluding hydrogens is 163 g/mol. The zero-order valence-electron chi connectivity index (χ0n) is 5.56. The van der Waals surface area contributed by atoms with Gasteiger partial charge in [-0.05, 0) is 0 Å². The molecule has 11 heavy (non-hydrogen) atoms. The van der Waals surface area contributed by atoms with Crippen LogP contribution in [0.5, 0.6) is 0 Å². The second-order valence-corrected chi connectivity index (χ2v) is 1.90. The van der Waals surface area contributed by atoms with Crippen molar-refractivity contribution in [1.29, 1.82) is 0 Å². The molecule has 0 unspecified atom stereocenters. The van der Waals surface area contributed by atoms with E-state index in [1.165, 1.54) is 0 Å². The summed E-state index contributed by atoms with van der Waals surface area (Å²) < 4.78 is 34.3. The number of nitrogens with two attached hydrogens (primary N) is 2. The highest BCUT2D eigenvalue weighted by molar-refractivity contribution is 5.71. The van der Waals surface area contributed by atoms with Crippen LogP contribution in [0.4, 0.5) is 18.0 Å². The molecule has 0 heterocycles. The molecule has 0 radical (unpaired) electrons. The van der Waals surface area contributed by atoms with Gasteiger partial charge < -0.3 is 5.73 Å². The van der Waals surface area contributed by atoms with Crippen molar-refractivity contribution >= 4 is 6.03 Å². The summed E-state index contributed by atoms with van der Waals surface area (Å²) in [5, 5.41) is 0.313. The molecule has 4 N–H and O–H groups in total. The second-order valence-electron chi connectivity index (χ2n) is 1.90. The molecule has 0 aliphatic rings. The summed E-state index contributed by atoms with van der Waals surface area (Å²) >= 11 is 0. The predicted molar refractivity (Wildman–Crippen MR) is 31.1 cm³/mol. The maximum Gasteiger partial charge on any atom is 0.390 e. The van der Waals surface area contributed by atoms with Crippen LogP contribution in [-0.2, 0) is 0 Å². The van der Waals surface area contributed by atoms with E-state index >= 15 is 0 Å². The van der Waals surface area contributed by atoms with Gasteiger partial charge >= 0.3 is 12.2 Å². The maximum absolute atomic E-state index is 11.4. The van der Waals surface area contributed by atoms with Crippen molar-refractivity contribution < 1.29 is 18.0 Å². The Morgan fingerprint density at radius 3 is 2.18 bits per heavy atom. The number of urea groups is 1. The molecule has 0 aromatic rings. The zero-order valence-corrected chi connectivity index (χ0v) is 5.56. The first-order chi connectivity index (χ1) is 4.83. The zero-order chi connectivity index (χ0) is 9.07. The van der Waals surface area contributed by atoms with Gasteiger partial charge in [-0.2, -0.15) is 13.2 Å². The van der Waals surface area contributed by atoms with Crippen LogP contribution in [0.2, 0.25) is 0 Å². The number of hydrogen-bond donors (Lipinski definition) is 2. The molecule has 66 valence electrons. The molecule has 0 aromatic carbocycles. The fraction of sp³-hybridized carbons (Fsp3) is 0.750. The molecular formula is C4H8F3N3O. The van der Waals surface area contributed by atoms with Crippen molar-refractivity contribution in [2.24, 2.45) is 11.6 Å². The smallest absolute Gasteiger partial charge is 0.350 e. The van der Waals surface area contributed by atoms with Crippen LogP contribution >= 0.6 is 0 Å². The van der Waals surface area contributed by atoms with E-state index in [-0.39, 0.29) is 0 Å². The average Bonchev–Trinajstić information content (AvgIpc) is 1.80. The van der Waals surface area contributed by atoms with E-state index in [0.717, 1.165) is 0 Å². The SMILES string of the molecule is NC(=O)N(N)CCC(F)(F)F. The van der Waals surface area contributed by atoms with Crippen LogP contribution in [0, 0.1) is 0 Å². The highest BCUT2D eigenvalue weighted by Crippen LogP contribution is 2.18. The molecule has 0 saturated heterocycles. The van der Waals surface area contributed by atoms with Crippen molar-refractivity contribution in [2.75, 3.05) is 6.54 Å². The molecule has 0 aliphatic carbocycles. The number of hydrogen-bond acceptors (Lipinski definition) is 2. The third-order valence-electron chi connectivity index (χ3n) is 0.919. The van der Waals surface area contributed by atoms with Crippen molar-refractivity contribution in [3.05, 3.63) is 0 Å². The van der Waals surface area contributed by atoms with Crippen LogP contribution in [0.25, 0.3) is 0 Å². The van der Waals surface area contributed by atoms with Crippen molar-refractivity contribution in [3.8, 4) is 0 Å². The van der Waals surface area contributed by atoms with E-state index in [0.29, 0.717) is 5.01 Å². The molecule has 7 heteroatoms. The summed E-state index contributed by atoms with van der Waals surface area (Å²) in [5.74, 6) is 4.78. The monoisotopic (exact) mass is 171 g/mol. The molecule has 0 spiro atoms. The van der Waals surface area contributed by atoms with E-state index < -0.39 is 25.2 Å². The summed E-state index contributed by atoms with van der Waals surface area (Å²) in [6.45, 7) is -0.612. The molecule has 0 bridgehead atoms. The molecule has 4 nitrogen and oxygen atoms in total. The van der Waals surface area contributed by atoms with E-state index in [1.54, 1.807) is 0 Å². The Hall–Kier alpha value is -0.980. The lowest BCUT2D eigenvalue weighted by Crippen LogP contribution is -2.43. The standard InChI is InChI=1S/C4H8F3N3O/c5-4(6,7)1-2-10(9)3(8)11/h1-2,9H2,(H2,8,11). The van der Waals surface area contributed by atoms with Gasteiger partial charge in [0, 0.05) is 6.54 Å². The first-order valence-electron chi connectivity index (χ1n) is 2.71. The maximum atomic E-state index is 11.4. The fourth-order valence-corrected chi connectivity index (χ4v) is 0.357. The molecule has 0 aromatic heterocycles. The Bertz CT molecular complexity index is 146. The lowest BCUT2D eigenvalue weighted by atomic mass is 10.4. The second kappa shape index (κ2) is 3.42. The molecule has 0 fully saturated rings. The Balaban J connectivity index is 3.63. The Morgan fingerprint density at radius 2 is 1.91 bits per heavy atom. The molecule has 0 aliphatic heterocycles. The lowest BCUT2D eigenvalue weighted by molar-refractivity contribution is -0.136. The Kier molecular flexibility index (Phi) is 3.12. The van der Waals surface area contributed by atoms with Gasteiger partial charge in [0.05, 0.1) is 6.42 Å².